The van der Waals surface area contributed by atoms with Gasteiger partial charge in [-0.25, -0.2) is 9.07 Å². The van der Waals surface area contributed by atoms with Crippen molar-refractivity contribution in [2.75, 3.05) is 5.32 Å². The molecule has 112 valence electrons. The number of nitrogens with zero attached hydrogens (tertiary/aromatic N) is 2. The van der Waals surface area contributed by atoms with E-state index in [4.69, 9.17) is 0 Å². The summed E-state index contributed by atoms with van der Waals surface area (Å²) in [4.78, 5) is 13.1. The highest BCUT2D eigenvalue weighted by atomic mass is 32.2. The average molecular weight is 307 g/mol. The number of benzene rings is 1. The first-order valence-electron chi connectivity index (χ1n) is 6.74. The Morgan fingerprint density at radius 2 is 1.90 bits per heavy atom. The summed E-state index contributed by atoms with van der Waals surface area (Å²) >= 11 is 1.39. The Morgan fingerprint density at radius 3 is 2.52 bits per heavy atom. The maximum atomic E-state index is 12.9. The summed E-state index contributed by atoms with van der Waals surface area (Å²) in [5.74, 6) is 0.297. The quantitative estimate of drug-likeness (QED) is 0.856. The molecule has 1 N–H and O–H groups in total. The van der Waals surface area contributed by atoms with Crippen LogP contribution in [-0.2, 0) is 4.79 Å². The summed E-state index contributed by atoms with van der Waals surface area (Å²) < 4.78 is 14.6. The number of anilines is 1. The minimum Gasteiger partial charge on any atom is -0.310 e. The molecule has 2 aromatic rings. The summed E-state index contributed by atoms with van der Waals surface area (Å²) in [6.45, 7) is 5.82. The van der Waals surface area contributed by atoms with Gasteiger partial charge in [-0.3, -0.25) is 4.79 Å². The molecule has 1 heterocycles. The van der Waals surface area contributed by atoms with Crippen LogP contribution < -0.4 is 5.32 Å². The Hall–Kier alpha value is -1.82. The van der Waals surface area contributed by atoms with Crippen molar-refractivity contribution in [3.05, 3.63) is 42.3 Å². The fraction of sp³-hybridized carbons (Fsp3) is 0.333. The van der Waals surface area contributed by atoms with Gasteiger partial charge in [-0.1, -0.05) is 0 Å². The Labute approximate surface area is 127 Å². The average Bonchev–Trinajstić information content (AvgIpc) is 2.89. The predicted octanol–water partition coefficient (Wildman–Crippen LogP) is 3.72. The van der Waals surface area contributed by atoms with E-state index in [0.717, 1.165) is 4.90 Å². The zero-order valence-corrected chi connectivity index (χ0v) is 13.0. The number of thioether (sulfide) groups is 1. The van der Waals surface area contributed by atoms with Gasteiger partial charge in [0.05, 0.1) is 11.4 Å². The topological polar surface area (TPSA) is 46.9 Å². The molecule has 0 aliphatic heterocycles. The van der Waals surface area contributed by atoms with E-state index in [0.29, 0.717) is 5.82 Å². The number of rotatable bonds is 5. The van der Waals surface area contributed by atoms with Gasteiger partial charge in [-0.2, -0.15) is 5.10 Å². The first-order chi connectivity index (χ1) is 9.97. The Bertz CT molecular complexity index is 610. The summed E-state index contributed by atoms with van der Waals surface area (Å²) in [6.07, 6.45) is 1.66. The van der Waals surface area contributed by atoms with Gasteiger partial charge in [-0.15, -0.1) is 11.8 Å². The van der Waals surface area contributed by atoms with Gasteiger partial charge in [0.1, 0.15) is 11.6 Å². The van der Waals surface area contributed by atoms with Gasteiger partial charge in [-0.05, 0) is 45.0 Å². The molecule has 0 saturated heterocycles. The van der Waals surface area contributed by atoms with Crippen LogP contribution in [0.1, 0.15) is 26.8 Å². The lowest BCUT2D eigenvalue weighted by Crippen LogP contribution is -2.24. The van der Waals surface area contributed by atoms with Crippen molar-refractivity contribution < 1.29 is 9.18 Å². The van der Waals surface area contributed by atoms with Gasteiger partial charge in [0, 0.05) is 17.0 Å². The number of amides is 1. The van der Waals surface area contributed by atoms with Gasteiger partial charge >= 0.3 is 0 Å². The highest BCUT2D eigenvalue weighted by Gasteiger charge is 2.17. The molecule has 0 saturated carbocycles. The van der Waals surface area contributed by atoms with Crippen LogP contribution in [-0.4, -0.2) is 20.9 Å². The molecule has 6 heteroatoms. The van der Waals surface area contributed by atoms with E-state index in [1.165, 1.54) is 23.9 Å². The molecule has 1 aromatic carbocycles. The first-order valence-corrected chi connectivity index (χ1v) is 7.62. The lowest BCUT2D eigenvalue weighted by atomic mass is 10.3. The number of halogens is 1. The second-order valence-corrected chi connectivity index (χ2v) is 6.37. The molecular formula is C15H18FN3OS. The van der Waals surface area contributed by atoms with Crippen LogP contribution in [0.2, 0.25) is 0 Å². The zero-order valence-electron chi connectivity index (χ0n) is 12.2. The fourth-order valence-corrected chi connectivity index (χ4v) is 2.69. The lowest BCUT2D eigenvalue weighted by Gasteiger charge is -2.15. The number of hydrogen-bond acceptors (Lipinski definition) is 3. The monoisotopic (exact) mass is 307 g/mol. The van der Waals surface area contributed by atoms with Crippen molar-refractivity contribution in [3.8, 4) is 0 Å². The molecule has 1 aromatic heterocycles. The number of carbonyl (C=O) groups excluding carboxylic acids is 1. The smallest absolute Gasteiger partial charge is 0.238 e. The van der Waals surface area contributed by atoms with E-state index in [1.807, 2.05) is 20.8 Å². The number of carbonyl (C=O) groups is 1. The van der Waals surface area contributed by atoms with Crippen molar-refractivity contribution in [1.29, 1.82) is 0 Å². The van der Waals surface area contributed by atoms with Crippen molar-refractivity contribution in [3.63, 3.8) is 0 Å². The van der Waals surface area contributed by atoms with Crippen LogP contribution in [0, 0.1) is 5.82 Å². The van der Waals surface area contributed by atoms with E-state index in [2.05, 4.69) is 10.4 Å². The van der Waals surface area contributed by atoms with E-state index >= 15 is 0 Å². The SMILES string of the molecule is CC(Sc1ccc(F)cc1)C(=O)Nc1ccnn1C(C)C. The van der Waals surface area contributed by atoms with Crippen molar-refractivity contribution in [2.45, 2.75) is 37.0 Å². The standard InChI is InChI=1S/C15H18FN3OS/c1-10(2)19-14(8-9-17-19)18-15(20)11(3)21-13-6-4-12(16)5-7-13/h4-11H,1-3H3,(H,18,20). The van der Waals surface area contributed by atoms with Crippen molar-refractivity contribution in [1.82, 2.24) is 9.78 Å². The largest absolute Gasteiger partial charge is 0.310 e. The van der Waals surface area contributed by atoms with Crippen molar-refractivity contribution in [2.24, 2.45) is 0 Å². The van der Waals surface area contributed by atoms with Gasteiger partial charge in [0.15, 0.2) is 0 Å². The Balaban J connectivity index is 1.99. The molecule has 0 radical (unpaired) electrons. The Kier molecular flexibility index (Phi) is 5.01. The molecule has 4 nitrogen and oxygen atoms in total. The summed E-state index contributed by atoms with van der Waals surface area (Å²) in [6, 6.07) is 8.06. The molecule has 1 atom stereocenters. The number of nitrogens with one attached hydrogen (secondary N) is 1. The van der Waals surface area contributed by atoms with E-state index in [1.54, 1.807) is 29.1 Å². The van der Waals surface area contributed by atoms with Crippen LogP contribution in [0.25, 0.3) is 0 Å². The third-order valence-electron chi connectivity index (χ3n) is 2.91. The summed E-state index contributed by atoms with van der Waals surface area (Å²) in [7, 11) is 0. The minimum absolute atomic E-state index is 0.105. The predicted molar refractivity (Wildman–Crippen MR) is 83.0 cm³/mol. The summed E-state index contributed by atoms with van der Waals surface area (Å²) in [5, 5.41) is 6.76. The highest BCUT2D eigenvalue weighted by molar-refractivity contribution is 8.00. The maximum absolute atomic E-state index is 12.9. The van der Waals surface area contributed by atoms with Crippen LogP contribution in [0.5, 0.6) is 0 Å². The molecular weight excluding hydrogens is 289 g/mol. The lowest BCUT2D eigenvalue weighted by molar-refractivity contribution is -0.115. The molecule has 0 bridgehead atoms. The molecule has 1 unspecified atom stereocenters. The van der Waals surface area contributed by atoms with Gasteiger partial charge < -0.3 is 5.32 Å². The molecule has 2 rings (SSSR count). The normalized spacial score (nSPS) is 12.4. The summed E-state index contributed by atoms with van der Waals surface area (Å²) in [5.41, 5.74) is 0. The van der Waals surface area contributed by atoms with Crippen LogP contribution in [0.3, 0.4) is 0 Å². The highest BCUT2D eigenvalue weighted by Crippen LogP contribution is 2.24. The molecule has 0 aliphatic rings. The molecule has 21 heavy (non-hydrogen) atoms. The molecule has 0 aliphatic carbocycles. The van der Waals surface area contributed by atoms with Gasteiger partial charge in [0.25, 0.3) is 0 Å². The minimum atomic E-state index is -0.286. The van der Waals surface area contributed by atoms with E-state index < -0.39 is 0 Å². The Morgan fingerprint density at radius 1 is 1.24 bits per heavy atom. The molecule has 0 spiro atoms. The second kappa shape index (κ2) is 6.76. The molecule has 1 amide bonds. The maximum Gasteiger partial charge on any atom is 0.238 e. The van der Waals surface area contributed by atoms with Crippen LogP contribution in [0.4, 0.5) is 10.2 Å². The third kappa shape index (κ3) is 4.07. The molecule has 0 fully saturated rings. The van der Waals surface area contributed by atoms with E-state index in [-0.39, 0.29) is 23.0 Å². The zero-order chi connectivity index (χ0) is 15.4. The number of aromatic nitrogens is 2. The van der Waals surface area contributed by atoms with Crippen LogP contribution in [0.15, 0.2) is 41.4 Å². The van der Waals surface area contributed by atoms with Crippen molar-refractivity contribution >= 4 is 23.5 Å². The third-order valence-corrected chi connectivity index (χ3v) is 4.02. The van der Waals surface area contributed by atoms with Crippen LogP contribution >= 0.6 is 11.8 Å². The van der Waals surface area contributed by atoms with E-state index in [9.17, 15) is 9.18 Å². The number of hydrogen-bond donors (Lipinski definition) is 1. The fourth-order valence-electron chi connectivity index (χ4n) is 1.82. The van der Waals surface area contributed by atoms with Gasteiger partial charge in [0.2, 0.25) is 5.91 Å². The second-order valence-electron chi connectivity index (χ2n) is 4.96. The first kappa shape index (κ1) is 15.6.